The van der Waals surface area contributed by atoms with Crippen molar-refractivity contribution in [2.24, 2.45) is 0 Å². The van der Waals surface area contributed by atoms with Gasteiger partial charge in [0.1, 0.15) is 5.75 Å². The zero-order chi connectivity index (χ0) is 16.4. The molecule has 0 aliphatic carbocycles. The van der Waals surface area contributed by atoms with Gasteiger partial charge < -0.3 is 14.3 Å². The maximum absolute atomic E-state index is 9.23. The quantitative estimate of drug-likeness (QED) is 0.542. The van der Waals surface area contributed by atoms with Gasteiger partial charge in [-0.3, -0.25) is 0 Å². The van der Waals surface area contributed by atoms with Crippen molar-refractivity contribution in [3.8, 4) is 5.75 Å². The molecule has 1 rings (SSSR count). The van der Waals surface area contributed by atoms with Gasteiger partial charge in [0.05, 0.1) is 0 Å². The Hall–Kier alpha value is -0.630. The summed E-state index contributed by atoms with van der Waals surface area (Å²) in [6.45, 7) is 6.60. The van der Waals surface area contributed by atoms with Crippen LogP contribution in [0.15, 0.2) is 12.1 Å². The molecule has 4 heteroatoms. The molecule has 0 fully saturated rings. The minimum Gasteiger partial charge on any atom is -0.427 e. The molecule has 0 saturated carbocycles. The highest BCUT2D eigenvalue weighted by Gasteiger charge is 2.16. The first kappa shape index (κ1) is 19.4. The fourth-order valence-corrected chi connectivity index (χ4v) is 3.13. The second-order valence-corrected chi connectivity index (χ2v) is 6.52. The number of hydrogen-bond acceptors (Lipinski definition) is 3. The van der Waals surface area contributed by atoms with Crippen molar-refractivity contribution in [2.45, 2.75) is 78.6 Å². The van der Waals surface area contributed by atoms with Crippen LogP contribution in [-0.2, 0) is 19.3 Å². The van der Waals surface area contributed by atoms with E-state index in [2.05, 4.69) is 26.8 Å². The minimum absolute atomic E-state index is 0.663. The lowest BCUT2D eigenvalue weighted by Crippen LogP contribution is -2.04. The van der Waals surface area contributed by atoms with Crippen molar-refractivity contribution < 1.29 is 14.3 Å². The van der Waals surface area contributed by atoms with Crippen LogP contribution in [0.1, 0.15) is 76.0 Å². The van der Waals surface area contributed by atoms with Crippen molar-refractivity contribution in [3.05, 3.63) is 28.8 Å². The normalized spacial score (nSPS) is 11.2. The number of hydrogen-bond donors (Lipinski definition) is 2. The van der Waals surface area contributed by atoms with Gasteiger partial charge in [-0.1, -0.05) is 46.1 Å². The minimum atomic E-state index is -2.35. The van der Waals surface area contributed by atoms with Crippen molar-refractivity contribution in [1.82, 2.24) is 0 Å². The maximum atomic E-state index is 9.23. The largest absolute Gasteiger partial charge is 0.427 e. The van der Waals surface area contributed by atoms with Gasteiger partial charge in [0, 0.05) is 0 Å². The zero-order valence-electron chi connectivity index (χ0n) is 14.3. The van der Waals surface area contributed by atoms with Crippen molar-refractivity contribution in [2.75, 3.05) is 0 Å². The molecule has 0 aliphatic rings. The molecule has 0 aromatic heterocycles. The topological polar surface area (TPSA) is 49.7 Å². The Balaban J connectivity index is 3.17. The third kappa shape index (κ3) is 6.24. The lowest BCUT2D eigenvalue weighted by molar-refractivity contribution is 0.373. The number of unbranched alkanes of at least 4 members (excludes halogenated alkanes) is 3. The number of benzene rings is 1. The van der Waals surface area contributed by atoms with Gasteiger partial charge in [-0.2, -0.15) is 0 Å². The first-order chi connectivity index (χ1) is 10.6. The average Bonchev–Trinajstić information content (AvgIpc) is 2.50. The summed E-state index contributed by atoms with van der Waals surface area (Å²) in [5.41, 5.74) is 3.99. The summed E-state index contributed by atoms with van der Waals surface area (Å²) in [5, 5.41) is 0. The predicted octanol–water partition coefficient (Wildman–Crippen LogP) is 5.30. The van der Waals surface area contributed by atoms with Crippen LogP contribution in [0.25, 0.3) is 0 Å². The highest BCUT2D eigenvalue weighted by molar-refractivity contribution is 7.39. The molecular weight excluding hydrogens is 295 g/mol. The first-order valence-electron chi connectivity index (χ1n) is 8.63. The van der Waals surface area contributed by atoms with Gasteiger partial charge in [-0.05, 0) is 61.3 Å². The summed E-state index contributed by atoms with van der Waals surface area (Å²) in [4.78, 5) is 18.5. The number of aryl methyl sites for hydroxylation is 1. The van der Waals surface area contributed by atoms with Crippen LogP contribution in [0.3, 0.4) is 0 Å². The second-order valence-electron chi connectivity index (χ2n) is 5.83. The van der Waals surface area contributed by atoms with Gasteiger partial charge >= 0.3 is 8.60 Å². The van der Waals surface area contributed by atoms with E-state index in [0.717, 1.165) is 44.9 Å². The Morgan fingerprint density at radius 2 is 1.36 bits per heavy atom. The Morgan fingerprint density at radius 3 is 1.91 bits per heavy atom. The van der Waals surface area contributed by atoms with Crippen molar-refractivity contribution >= 4 is 8.60 Å². The summed E-state index contributed by atoms with van der Waals surface area (Å²) >= 11 is 0. The summed E-state index contributed by atoms with van der Waals surface area (Å²) in [5.74, 6) is 0.663. The van der Waals surface area contributed by atoms with Crippen LogP contribution in [0.5, 0.6) is 5.75 Å². The predicted molar refractivity (Wildman–Crippen MR) is 94.3 cm³/mol. The molecule has 3 nitrogen and oxygen atoms in total. The van der Waals surface area contributed by atoms with Gasteiger partial charge in [-0.25, -0.2) is 0 Å². The molecule has 0 amide bonds. The van der Waals surface area contributed by atoms with E-state index in [1.807, 2.05) is 6.07 Å². The van der Waals surface area contributed by atoms with E-state index in [1.54, 1.807) is 0 Å². The van der Waals surface area contributed by atoms with Gasteiger partial charge in [-0.15, -0.1) is 0 Å². The summed E-state index contributed by atoms with van der Waals surface area (Å²) in [7, 11) is -2.35. The second kappa shape index (κ2) is 11.0. The smallest absolute Gasteiger partial charge is 0.391 e. The highest BCUT2D eigenvalue weighted by Crippen LogP contribution is 2.36. The molecular formula is C18H31O3P. The van der Waals surface area contributed by atoms with E-state index in [1.165, 1.54) is 29.5 Å². The molecule has 0 spiro atoms. The monoisotopic (exact) mass is 326 g/mol. The van der Waals surface area contributed by atoms with E-state index >= 15 is 0 Å². The molecule has 0 radical (unpaired) electrons. The standard InChI is InChI=1S/C18H31O3P/c1-4-7-10-15-13-14-18(21-22(19)20)17(12-9-6-3)16(15)11-8-5-2/h13-14,19-20H,4-12H2,1-3H3. The van der Waals surface area contributed by atoms with Crippen LogP contribution in [0.2, 0.25) is 0 Å². The Kier molecular flexibility index (Phi) is 9.70. The number of rotatable bonds is 11. The molecule has 0 heterocycles. The molecule has 1 aromatic carbocycles. The Bertz CT molecular complexity index is 433. The summed E-state index contributed by atoms with van der Waals surface area (Å²) in [6, 6.07) is 4.04. The highest BCUT2D eigenvalue weighted by atomic mass is 31.2. The first-order valence-corrected chi connectivity index (χ1v) is 9.79. The maximum Gasteiger partial charge on any atom is 0.391 e. The van der Waals surface area contributed by atoms with Gasteiger partial charge in [0.2, 0.25) is 0 Å². The van der Waals surface area contributed by atoms with Crippen LogP contribution in [-0.4, -0.2) is 9.79 Å². The van der Waals surface area contributed by atoms with Crippen LogP contribution in [0, 0.1) is 0 Å². The molecule has 1 aromatic rings. The van der Waals surface area contributed by atoms with Crippen LogP contribution < -0.4 is 4.52 Å². The van der Waals surface area contributed by atoms with Crippen LogP contribution in [0.4, 0.5) is 0 Å². The van der Waals surface area contributed by atoms with Gasteiger partial charge in [0.25, 0.3) is 0 Å². The molecule has 0 atom stereocenters. The Morgan fingerprint density at radius 1 is 0.818 bits per heavy atom. The van der Waals surface area contributed by atoms with E-state index in [9.17, 15) is 9.79 Å². The van der Waals surface area contributed by atoms with Crippen molar-refractivity contribution in [3.63, 3.8) is 0 Å². The SMILES string of the molecule is CCCCc1ccc(OP(O)O)c(CCCC)c1CCCC. The van der Waals surface area contributed by atoms with Crippen LogP contribution >= 0.6 is 8.60 Å². The lowest BCUT2D eigenvalue weighted by atomic mass is 9.90. The third-order valence-corrected chi connectivity index (χ3v) is 4.39. The molecule has 0 saturated heterocycles. The average molecular weight is 326 g/mol. The zero-order valence-corrected chi connectivity index (χ0v) is 15.2. The van der Waals surface area contributed by atoms with E-state index in [0.29, 0.717) is 5.75 Å². The Labute approximate surface area is 136 Å². The van der Waals surface area contributed by atoms with Crippen molar-refractivity contribution in [1.29, 1.82) is 0 Å². The third-order valence-electron chi connectivity index (χ3n) is 4.03. The van der Waals surface area contributed by atoms with E-state index in [4.69, 9.17) is 4.52 Å². The van der Waals surface area contributed by atoms with E-state index in [-0.39, 0.29) is 0 Å². The molecule has 22 heavy (non-hydrogen) atoms. The molecule has 126 valence electrons. The summed E-state index contributed by atoms with van der Waals surface area (Å²) in [6.07, 6.45) is 10.0. The molecule has 0 unspecified atom stereocenters. The molecule has 0 bridgehead atoms. The van der Waals surface area contributed by atoms with Gasteiger partial charge in [0.15, 0.2) is 0 Å². The fourth-order valence-electron chi connectivity index (χ4n) is 2.79. The van der Waals surface area contributed by atoms with E-state index < -0.39 is 8.60 Å². The summed E-state index contributed by atoms with van der Waals surface area (Å²) < 4.78 is 5.30. The molecule has 2 N–H and O–H groups in total. The lowest BCUT2D eigenvalue weighted by Gasteiger charge is -2.19. The molecule has 0 aliphatic heterocycles. The fraction of sp³-hybridized carbons (Fsp3) is 0.667.